The molecule has 0 atom stereocenters. The number of fused-ring (bicyclic) bond motifs is 7. The fraction of sp³-hybridized carbons (Fsp3) is 0.281. The molecule has 0 unspecified atom stereocenters. The monoisotopic (exact) mass is 2330 g/mol. The Bertz CT molecular complexity index is 6670. The second-order valence-electron chi connectivity index (χ2n) is 32.3. The van der Waals surface area contributed by atoms with Gasteiger partial charge in [0.2, 0.25) is 0 Å². The van der Waals surface area contributed by atoms with E-state index >= 15 is 0 Å². The van der Waals surface area contributed by atoms with Gasteiger partial charge in [-0.25, -0.2) is 19.0 Å². The molecule has 6 heterocycles. The summed E-state index contributed by atoms with van der Waals surface area (Å²) in [6.45, 7) is 23.8. The van der Waals surface area contributed by atoms with E-state index in [1.165, 1.54) is 164 Å². The van der Waals surface area contributed by atoms with Gasteiger partial charge in [0.1, 0.15) is 40.5 Å². The van der Waals surface area contributed by atoms with Crippen molar-refractivity contribution in [3.05, 3.63) is 350 Å². The number of ether oxygens (including phenoxy) is 2. The number of alkyl halides is 4. The lowest BCUT2D eigenvalue weighted by Crippen LogP contribution is -3.00. The van der Waals surface area contributed by atoms with Crippen molar-refractivity contribution in [2.45, 2.75) is 132 Å². The zero-order valence-corrected chi connectivity index (χ0v) is 91.8. The largest absolute Gasteiger partial charge is 1.00 e. The number of unbranched alkanes of at least 4 members (excludes halogenated alkanes) is 9. The van der Waals surface area contributed by atoms with Gasteiger partial charge in [0.05, 0.1) is 13.2 Å². The Morgan fingerprint density at radius 2 is 0.664 bits per heavy atom. The van der Waals surface area contributed by atoms with Crippen molar-refractivity contribution in [3.8, 4) is 39.5 Å². The molecule has 0 aliphatic heterocycles. The summed E-state index contributed by atoms with van der Waals surface area (Å²) >= 11 is 20.3. The number of aromatic hydroxyl groups is 1. The molecule has 26 heteroatoms. The first-order valence-corrected chi connectivity index (χ1v) is 53.6. The van der Waals surface area contributed by atoms with E-state index in [-0.39, 0.29) is 34.0 Å². The maximum Gasteiger partial charge on any atom is 0.488 e. The molecule has 17 rings (SSSR count). The number of phenolic OH excluding ortho intramolecular Hbond substituents is 1. The molecule has 6 aromatic heterocycles. The fourth-order valence-corrected chi connectivity index (χ4v) is 17.0. The van der Waals surface area contributed by atoms with Crippen molar-refractivity contribution >= 4 is 207 Å². The first kappa shape index (κ1) is 115. The Kier molecular flexibility index (Phi) is 52.5. The summed E-state index contributed by atoms with van der Waals surface area (Å²) in [5.74, 6) is 1.59. The molecule has 0 saturated heterocycles. The molecule has 140 heavy (non-hydrogen) atoms. The smallest absolute Gasteiger partial charge is 0.488 e. The van der Waals surface area contributed by atoms with Crippen molar-refractivity contribution in [1.82, 2.24) is 9.97 Å². The Morgan fingerprint density at radius 3 is 1.06 bits per heavy atom. The second kappa shape index (κ2) is 64.1. The van der Waals surface area contributed by atoms with Gasteiger partial charge in [-0.2, -0.15) is 0 Å². The first-order chi connectivity index (χ1) is 67.6. The van der Waals surface area contributed by atoms with Gasteiger partial charge in [0.25, 0.3) is 0 Å². The van der Waals surface area contributed by atoms with E-state index in [0.717, 1.165) is 142 Å². The third kappa shape index (κ3) is 39.1. The number of rotatable bonds is 32. The summed E-state index contributed by atoms with van der Waals surface area (Å²) in [6, 6.07) is 88.8. The molecule has 0 bridgehead atoms. The number of anilines is 4. The number of phenols is 1. The lowest BCUT2D eigenvalue weighted by atomic mass is 9.81. The number of nitrogen functional groups attached to an aromatic ring is 1. The predicted octanol–water partition coefficient (Wildman–Crippen LogP) is 25.9. The number of nitrogens with two attached hydrogens (primary N) is 1. The number of pyridine rings is 3. The molecule has 0 spiro atoms. The van der Waals surface area contributed by atoms with Crippen LogP contribution in [0.4, 0.5) is 22.7 Å². The molecule has 18 nitrogen and oxygen atoms in total. The maximum atomic E-state index is 11.4. The van der Waals surface area contributed by atoms with Crippen LogP contribution in [0.25, 0.3) is 98.3 Å². The fourth-order valence-electron chi connectivity index (χ4n) is 15.0. The number of aryl methyl sites for hydroxylation is 1. The van der Waals surface area contributed by atoms with Crippen molar-refractivity contribution in [3.63, 3.8) is 0 Å². The van der Waals surface area contributed by atoms with E-state index in [2.05, 4.69) is 312 Å². The molecule has 17 aromatic rings. The number of aromatic nitrogens is 3. The average molecular weight is 2340 g/mol. The maximum absolute atomic E-state index is 11.4. The molecule has 0 aliphatic rings. The molecule has 5 N–H and O–H groups in total. The minimum atomic E-state index is -1.38. The Labute approximate surface area is 884 Å². The topological polar surface area (TPSA) is 235 Å². The number of nitrogens with zero attached hydrogens (tertiary/aromatic N) is 6. The molecule has 736 valence electrons. The van der Waals surface area contributed by atoms with Crippen molar-refractivity contribution in [2.75, 3.05) is 94.2 Å². The molecule has 0 aliphatic carbocycles. The summed E-state index contributed by atoms with van der Waals surface area (Å²) in [5.41, 5.74) is 16.2. The average Bonchev–Trinajstić information content (AvgIpc) is 0.804. The van der Waals surface area contributed by atoms with E-state index in [1.807, 2.05) is 80.0 Å². The molecule has 0 amide bonds. The van der Waals surface area contributed by atoms with Gasteiger partial charge < -0.3 is 75.3 Å². The van der Waals surface area contributed by atoms with Crippen LogP contribution in [-0.4, -0.2) is 106 Å². The predicted molar refractivity (Wildman–Crippen MR) is 606 cm³/mol. The van der Waals surface area contributed by atoms with Gasteiger partial charge in [-0.1, -0.05) is 189 Å². The van der Waals surface area contributed by atoms with Crippen LogP contribution in [0, 0.1) is 0 Å². The number of hydrogen-bond donors (Lipinski definition) is 4. The molecule has 11 aromatic carbocycles. The van der Waals surface area contributed by atoms with Gasteiger partial charge in [0.15, 0.2) is 12.4 Å². The molecule has 0 saturated carbocycles. The summed E-state index contributed by atoms with van der Waals surface area (Å²) in [5, 5.41) is 43.3. The lowest BCUT2D eigenvalue weighted by Gasteiger charge is -2.21. The Hall–Kier alpha value is -10.5. The molecular weight excluding hydrogens is 2210 g/mol. The zero-order valence-electron chi connectivity index (χ0n) is 80.7. The van der Waals surface area contributed by atoms with E-state index in [1.54, 1.807) is 54.6 Å². The van der Waals surface area contributed by atoms with E-state index in [9.17, 15) is 14.4 Å². The highest BCUT2D eigenvalue weighted by molar-refractivity contribution is 9.11. The van der Waals surface area contributed by atoms with E-state index < -0.39 is 12.7 Å². The summed E-state index contributed by atoms with van der Waals surface area (Å²) in [6.07, 6.45) is 25.5. The van der Waals surface area contributed by atoms with Crippen LogP contribution in [-0.2, 0) is 6.54 Å². The highest BCUT2D eigenvalue weighted by Crippen LogP contribution is 2.32. The van der Waals surface area contributed by atoms with Gasteiger partial charge >= 0.3 is 24.0 Å². The molecule has 0 radical (unpaired) electrons. The van der Waals surface area contributed by atoms with Crippen molar-refractivity contribution in [1.29, 1.82) is 0 Å². The minimum Gasteiger partial charge on any atom is -1.00 e. The van der Waals surface area contributed by atoms with Crippen LogP contribution >= 0.6 is 95.6 Å². The van der Waals surface area contributed by atoms with Crippen LogP contribution in [0.1, 0.15) is 126 Å². The van der Waals surface area contributed by atoms with Crippen molar-refractivity contribution < 1.29 is 59.4 Å². The Morgan fingerprint density at radius 1 is 0.343 bits per heavy atom. The second-order valence-corrected chi connectivity index (χ2v) is 37.6. The van der Waals surface area contributed by atoms with Crippen molar-refractivity contribution in [2.24, 2.45) is 0 Å². The minimum absolute atomic E-state index is 0. The van der Waals surface area contributed by atoms with Crippen LogP contribution in [0.2, 0.25) is 0 Å². The lowest BCUT2D eigenvalue weighted by molar-refractivity contribution is -0.697. The van der Waals surface area contributed by atoms with Crippen LogP contribution in [0.15, 0.2) is 347 Å². The van der Waals surface area contributed by atoms with Gasteiger partial charge in [0, 0.05) is 188 Å². The zero-order chi connectivity index (χ0) is 99.5. The van der Waals surface area contributed by atoms with Crippen LogP contribution in [0.5, 0.6) is 17.2 Å². The van der Waals surface area contributed by atoms with E-state index in [4.69, 9.17) is 43.6 Å². The highest BCUT2D eigenvalue weighted by atomic mass is 79.9. The van der Waals surface area contributed by atoms with E-state index in [0.29, 0.717) is 35.4 Å². The van der Waals surface area contributed by atoms with Crippen LogP contribution < -0.4 is 73.8 Å². The van der Waals surface area contributed by atoms with Crippen LogP contribution in [0.3, 0.4) is 0 Å². The van der Waals surface area contributed by atoms with Gasteiger partial charge in [-0.3, -0.25) is 9.97 Å². The van der Waals surface area contributed by atoms with Gasteiger partial charge in [-0.15, -0.1) is 0 Å². The summed E-state index contributed by atoms with van der Waals surface area (Å²) in [7, 11) is -1.38. The first-order valence-electron chi connectivity index (χ1n) is 47.6. The third-order valence-corrected chi connectivity index (χ3v) is 25.2. The number of benzene rings is 11. The Balaban J connectivity index is 0.000000206. The third-order valence-electron chi connectivity index (χ3n) is 22.6. The quantitative estimate of drug-likeness (QED) is 0.00766. The standard InChI is InChI=1S/C34H37N2O3.C19H20N2.C15H17BrO3.C14H16BrN.C10H8BrN.C9H6O3.C6H12Br2.C5H6BNO2.C2H5Br.BrH/c1-3-36(4-2)31-14-11-29-23-28(9-10-30(29)24-31)26-17-20-35(21-18-26)19-7-5-6-8-22-38-32-15-12-27-13-16-34(37)39-33(27)25-32;1-3-21(4-2)19-8-7-17-13-16(5-6-18(17)14-19)15-9-11-20-12-10-15;16-9-3-1-2-4-10-18-13-7-5-12-6-8-15(17)19-14(12)11-13;1-3-16(4-2)14-8-6-11-9-13(15)7-5-12(11)10-14;11-9-3-1-8-6-10(12)4-2-7(8)5-9;10-7-3-1-6-2-4-9(11)12-8(6)5-7;7-5-3-1-2-4-6-8;8-6(9)5-1-3-7-4-2-5;1-2-3;/h9-18,20-21,23-25H,3-8,19,22H2,1-2H3;5-14H,3-4H2,1-2H3;5-8,11H,1-4,9-10H2;5-10H,3-4H2,1-2H3;1-6H,12H2;1-5,10H;1-6H2;1-4,8-9H;2H2,1H3;1H/q+1;;;;;;;;;/p-1. The SMILES string of the molecule is BrCCCCCCBr.CCBr.CCN(CC)c1ccc2cc(-c3cc[n+](CCCCCCOc4ccc5ccc(=O)oc5c4)cc3)ccc2c1.CCN(CC)c1ccc2cc(-c3ccncc3)ccc2c1.CCN(CC)c1ccc2cc(Br)ccc2c1.Nc1ccc2cc(Br)ccc2c1.O=c1ccc2ccc(O)cc2o1.O=c1ccc2ccc(OCCCCCCBr)cc2o1.OB(O)c1ccncc1.[Br-]. The van der Waals surface area contributed by atoms with Gasteiger partial charge in [-0.05, 0) is 321 Å². The molecular formula is C114H127BBr7N7O11. The molecule has 0 fully saturated rings. The summed E-state index contributed by atoms with van der Waals surface area (Å²) in [4.78, 5) is 48.2. The summed E-state index contributed by atoms with van der Waals surface area (Å²) < 4.78 is 31.2. The number of halogens is 7. The number of hydrogen-bond acceptors (Lipinski definition) is 17. The normalized spacial score (nSPS) is 10.5. The highest BCUT2D eigenvalue weighted by Gasteiger charge is 2.13.